The van der Waals surface area contributed by atoms with Crippen molar-refractivity contribution in [2.75, 3.05) is 44.6 Å². The molecule has 2 fully saturated rings. The first-order chi connectivity index (χ1) is 13.1. The van der Waals surface area contributed by atoms with E-state index in [0.717, 1.165) is 50.0 Å². The van der Waals surface area contributed by atoms with Crippen molar-refractivity contribution in [3.63, 3.8) is 0 Å². The smallest absolute Gasteiger partial charge is 0.238 e. The number of hydrogen-bond donors (Lipinski definition) is 2. The van der Waals surface area contributed by atoms with Crippen molar-refractivity contribution >= 4 is 42.3 Å². The molecule has 2 atom stereocenters. The largest absolute Gasteiger partial charge is 0.340 e. The lowest BCUT2D eigenvalue weighted by Gasteiger charge is -2.36. The summed E-state index contributed by atoms with van der Waals surface area (Å²) >= 11 is 0. The highest BCUT2D eigenvalue weighted by molar-refractivity contribution is 5.93. The third kappa shape index (κ3) is 6.57. The molecule has 8 heteroatoms. The van der Waals surface area contributed by atoms with Crippen molar-refractivity contribution < 1.29 is 9.59 Å². The van der Waals surface area contributed by atoms with Gasteiger partial charge in [0.25, 0.3) is 0 Å². The fourth-order valence-electron chi connectivity index (χ4n) is 4.35. The van der Waals surface area contributed by atoms with Crippen molar-refractivity contribution in [2.24, 2.45) is 17.6 Å². The number of para-hydroxylation sites is 1. The molecule has 1 aromatic carbocycles. The summed E-state index contributed by atoms with van der Waals surface area (Å²) in [4.78, 5) is 29.3. The van der Waals surface area contributed by atoms with E-state index in [1.807, 2.05) is 29.2 Å². The Hall–Kier alpha value is -1.34. The Morgan fingerprint density at radius 1 is 1.10 bits per heavy atom. The molecule has 0 spiro atoms. The van der Waals surface area contributed by atoms with Gasteiger partial charge in [0, 0.05) is 37.8 Å². The molecule has 1 aliphatic heterocycles. The fraction of sp³-hybridized carbons (Fsp3) is 0.619. The third-order valence-corrected chi connectivity index (χ3v) is 6.00. The van der Waals surface area contributed by atoms with Crippen LogP contribution in [-0.2, 0) is 16.0 Å². The summed E-state index contributed by atoms with van der Waals surface area (Å²) in [5.41, 5.74) is 7.87. The zero-order valence-corrected chi connectivity index (χ0v) is 18.8. The SMILES string of the molecule is CCc1ccccc1NC(=O)CN1CCN(C(=O)[C@@H]2CCC[C@@H]2CN)CC1.Cl.Cl. The molecule has 1 aromatic rings. The number of rotatable bonds is 6. The Morgan fingerprint density at radius 2 is 1.79 bits per heavy atom. The lowest BCUT2D eigenvalue weighted by molar-refractivity contribution is -0.138. The zero-order valence-electron chi connectivity index (χ0n) is 17.1. The van der Waals surface area contributed by atoms with Crippen LogP contribution >= 0.6 is 24.8 Å². The minimum absolute atomic E-state index is 0. The highest BCUT2D eigenvalue weighted by atomic mass is 35.5. The Morgan fingerprint density at radius 3 is 2.45 bits per heavy atom. The summed E-state index contributed by atoms with van der Waals surface area (Å²) in [7, 11) is 0. The summed E-state index contributed by atoms with van der Waals surface area (Å²) in [6.07, 6.45) is 4.05. The standard InChI is InChI=1S/C21H32N4O2.2ClH/c1-2-16-6-3-4-9-19(16)23-20(26)15-24-10-12-25(13-11-24)21(27)18-8-5-7-17(18)14-22;;/h3-4,6,9,17-18H,2,5,7-8,10-15,22H2,1H3,(H,23,26);2*1H/t17-,18-;;/m1../s1. The fourth-order valence-corrected chi connectivity index (χ4v) is 4.35. The summed E-state index contributed by atoms with van der Waals surface area (Å²) < 4.78 is 0. The lowest BCUT2D eigenvalue weighted by atomic mass is 9.94. The highest BCUT2D eigenvalue weighted by Crippen LogP contribution is 2.32. The van der Waals surface area contributed by atoms with Gasteiger partial charge in [-0.2, -0.15) is 0 Å². The van der Waals surface area contributed by atoms with E-state index in [1.165, 1.54) is 0 Å². The Bertz CT molecular complexity index is 666. The number of carbonyl (C=O) groups is 2. The molecule has 1 heterocycles. The molecule has 3 N–H and O–H groups in total. The number of nitrogens with two attached hydrogens (primary N) is 1. The maximum atomic E-state index is 12.8. The van der Waals surface area contributed by atoms with Crippen LogP contribution in [0.1, 0.15) is 31.7 Å². The van der Waals surface area contributed by atoms with Crippen LogP contribution in [0.15, 0.2) is 24.3 Å². The summed E-state index contributed by atoms with van der Waals surface area (Å²) in [6.45, 7) is 5.95. The average Bonchev–Trinajstić information content (AvgIpc) is 3.17. The molecule has 6 nitrogen and oxygen atoms in total. The van der Waals surface area contributed by atoms with Crippen molar-refractivity contribution in [1.29, 1.82) is 0 Å². The van der Waals surface area contributed by atoms with Crippen LogP contribution in [0.3, 0.4) is 0 Å². The minimum atomic E-state index is 0. The van der Waals surface area contributed by atoms with Crippen molar-refractivity contribution in [2.45, 2.75) is 32.6 Å². The van der Waals surface area contributed by atoms with Crippen LogP contribution in [0.5, 0.6) is 0 Å². The number of carbonyl (C=O) groups excluding carboxylic acids is 2. The van der Waals surface area contributed by atoms with Crippen molar-refractivity contribution in [1.82, 2.24) is 9.80 Å². The topological polar surface area (TPSA) is 78.7 Å². The summed E-state index contributed by atoms with van der Waals surface area (Å²) in [6, 6.07) is 7.92. The van der Waals surface area contributed by atoms with E-state index in [4.69, 9.17) is 5.73 Å². The van der Waals surface area contributed by atoms with E-state index < -0.39 is 0 Å². The number of nitrogens with zero attached hydrogens (tertiary/aromatic N) is 2. The van der Waals surface area contributed by atoms with Gasteiger partial charge in [-0.1, -0.05) is 31.5 Å². The Balaban J connectivity index is 0.00000210. The first kappa shape index (κ1) is 25.7. The summed E-state index contributed by atoms with van der Waals surface area (Å²) in [5.74, 6) is 0.730. The quantitative estimate of drug-likeness (QED) is 0.706. The molecule has 0 aromatic heterocycles. The number of hydrogen-bond acceptors (Lipinski definition) is 4. The Kier molecular flexibility index (Phi) is 11.0. The van der Waals surface area contributed by atoms with E-state index in [1.54, 1.807) is 0 Å². The molecule has 1 saturated heterocycles. The van der Waals surface area contributed by atoms with E-state index in [0.29, 0.717) is 32.1 Å². The third-order valence-electron chi connectivity index (χ3n) is 6.00. The minimum Gasteiger partial charge on any atom is -0.340 e. The second-order valence-corrected chi connectivity index (χ2v) is 7.69. The van der Waals surface area contributed by atoms with E-state index in [9.17, 15) is 9.59 Å². The van der Waals surface area contributed by atoms with Gasteiger partial charge >= 0.3 is 0 Å². The van der Waals surface area contributed by atoms with Gasteiger partial charge in [0.2, 0.25) is 11.8 Å². The maximum Gasteiger partial charge on any atom is 0.238 e. The number of anilines is 1. The molecule has 3 rings (SSSR count). The molecular formula is C21H34Cl2N4O2. The lowest BCUT2D eigenvalue weighted by Crippen LogP contribution is -2.52. The molecule has 0 bridgehead atoms. The number of aryl methyl sites for hydroxylation is 1. The van der Waals surface area contributed by atoms with Crippen LogP contribution in [0, 0.1) is 11.8 Å². The van der Waals surface area contributed by atoms with Gasteiger partial charge in [0.05, 0.1) is 6.54 Å². The number of nitrogens with one attached hydrogen (secondary N) is 1. The van der Waals surface area contributed by atoms with Crippen LogP contribution in [0.4, 0.5) is 5.69 Å². The monoisotopic (exact) mass is 444 g/mol. The van der Waals surface area contributed by atoms with Gasteiger partial charge in [0.15, 0.2) is 0 Å². The van der Waals surface area contributed by atoms with Crippen molar-refractivity contribution in [3.05, 3.63) is 29.8 Å². The van der Waals surface area contributed by atoms with Crippen molar-refractivity contribution in [3.8, 4) is 0 Å². The van der Waals surface area contributed by atoms with Gasteiger partial charge in [-0.25, -0.2) is 0 Å². The van der Waals surface area contributed by atoms with Crippen LogP contribution in [0.25, 0.3) is 0 Å². The molecule has 1 aliphatic carbocycles. The van der Waals surface area contributed by atoms with Gasteiger partial charge in [-0.3, -0.25) is 14.5 Å². The van der Waals surface area contributed by atoms with E-state index >= 15 is 0 Å². The molecule has 2 aliphatic rings. The second kappa shape index (κ2) is 12.4. The van der Waals surface area contributed by atoms with Crippen LogP contribution in [0.2, 0.25) is 0 Å². The normalized spacial score (nSPS) is 21.8. The first-order valence-corrected chi connectivity index (χ1v) is 10.2. The number of amides is 2. The summed E-state index contributed by atoms with van der Waals surface area (Å²) in [5, 5.41) is 3.03. The predicted octanol–water partition coefficient (Wildman–Crippen LogP) is 2.55. The average molecular weight is 445 g/mol. The molecular weight excluding hydrogens is 411 g/mol. The molecule has 2 amide bonds. The second-order valence-electron chi connectivity index (χ2n) is 7.69. The van der Waals surface area contributed by atoms with Gasteiger partial charge in [-0.15, -0.1) is 24.8 Å². The molecule has 0 radical (unpaired) electrons. The number of halogens is 2. The Labute approximate surface area is 186 Å². The predicted molar refractivity (Wildman–Crippen MR) is 122 cm³/mol. The van der Waals surface area contributed by atoms with E-state index in [2.05, 4.69) is 17.1 Å². The first-order valence-electron chi connectivity index (χ1n) is 10.2. The van der Waals surface area contributed by atoms with E-state index in [-0.39, 0.29) is 42.5 Å². The molecule has 29 heavy (non-hydrogen) atoms. The van der Waals surface area contributed by atoms with Crippen LogP contribution in [-0.4, -0.2) is 60.9 Å². The number of benzene rings is 1. The van der Waals surface area contributed by atoms with Gasteiger partial charge in [-0.05, 0) is 43.4 Å². The highest BCUT2D eigenvalue weighted by Gasteiger charge is 2.35. The molecule has 0 unspecified atom stereocenters. The molecule has 164 valence electrons. The van der Waals surface area contributed by atoms with Gasteiger partial charge < -0.3 is 16.0 Å². The van der Waals surface area contributed by atoms with Gasteiger partial charge in [0.1, 0.15) is 0 Å². The zero-order chi connectivity index (χ0) is 19.2. The van der Waals surface area contributed by atoms with Crippen LogP contribution < -0.4 is 11.1 Å². The number of piperazine rings is 1. The maximum absolute atomic E-state index is 12.8. The molecule has 1 saturated carbocycles.